The highest BCUT2D eigenvalue weighted by molar-refractivity contribution is 7.15. The van der Waals surface area contributed by atoms with Crippen molar-refractivity contribution < 1.29 is 29.1 Å². The summed E-state index contributed by atoms with van der Waals surface area (Å²) in [5, 5.41) is 23.4. The molecule has 0 spiro atoms. The average Bonchev–Trinajstić information content (AvgIpc) is 3.31. The van der Waals surface area contributed by atoms with E-state index < -0.39 is 24.1 Å². The molecule has 0 aliphatic heterocycles. The van der Waals surface area contributed by atoms with Crippen molar-refractivity contribution in [3.63, 3.8) is 0 Å². The van der Waals surface area contributed by atoms with Crippen molar-refractivity contribution >= 4 is 34.2 Å². The molecule has 0 fully saturated rings. The quantitative estimate of drug-likeness (QED) is 0.364. The Morgan fingerprint density at radius 3 is 2.60 bits per heavy atom. The number of benzene rings is 1. The number of Topliss-reactive ketones (excluding diaryl/α,β-unsaturated/α-hetero) is 1. The number of pyridine rings is 1. The molecule has 0 unspecified atom stereocenters. The number of carbonyl (C=O) groups is 2. The minimum absolute atomic E-state index is 0.0589. The molecule has 4 aromatic rings. The number of thiophene rings is 1. The lowest BCUT2D eigenvalue weighted by Gasteiger charge is -2.08. The summed E-state index contributed by atoms with van der Waals surface area (Å²) < 4.78 is 10.4. The zero-order valence-electron chi connectivity index (χ0n) is 16.0. The zero-order valence-corrected chi connectivity index (χ0v) is 16.8. The normalized spacial score (nSPS) is 11.0. The lowest BCUT2D eigenvalue weighted by molar-refractivity contribution is 0.0475. The molecule has 152 valence electrons. The van der Waals surface area contributed by atoms with Crippen LogP contribution in [0, 0.1) is 13.8 Å². The zero-order chi connectivity index (χ0) is 21.4. The van der Waals surface area contributed by atoms with Gasteiger partial charge in [-0.2, -0.15) is 0 Å². The smallest absolute Gasteiger partial charge is 0.339 e. The third-order valence-corrected chi connectivity index (χ3v) is 5.47. The third-order valence-electron chi connectivity index (χ3n) is 4.45. The number of carbonyl (C=O) groups excluding carboxylic acids is 2. The lowest BCUT2D eigenvalue weighted by Crippen LogP contribution is -2.15. The lowest BCUT2D eigenvalue weighted by atomic mass is 10.1. The highest BCUT2D eigenvalue weighted by Crippen LogP contribution is 2.31. The van der Waals surface area contributed by atoms with Crippen molar-refractivity contribution in [1.82, 2.24) is 10.1 Å². The first-order valence-electron chi connectivity index (χ1n) is 8.89. The number of phenolic OH excluding ortho intramolecular Hbond substituents is 2. The molecule has 0 saturated heterocycles. The molecule has 0 bridgehead atoms. The van der Waals surface area contributed by atoms with Crippen molar-refractivity contribution in [1.29, 1.82) is 0 Å². The van der Waals surface area contributed by atoms with Crippen molar-refractivity contribution in [2.24, 2.45) is 0 Å². The average molecular weight is 424 g/mol. The minimum Gasteiger partial charge on any atom is -0.508 e. The summed E-state index contributed by atoms with van der Waals surface area (Å²) in [6.07, 6.45) is 0. The van der Waals surface area contributed by atoms with Crippen LogP contribution in [0.15, 0.2) is 40.9 Å². The van der Waals surface area contributed by atoms with Crippen LogP contribution >= 0.6 is 11.3 Å². The second-order valence-corrected chi connectivity index (χ2v) is 7.90. The van der Waals surface area contributed by atoms with Crippen molar-refractivity contribution in [3.05, 3.63) is 58.1 Å². The number of esters is 1. The maximum Gasteiger partial charge on any atom is 0.339 e. The molecule has 0 aliphatic carbocycles. The number of aromatic nitrogens is 2. The van der Waals surface area contributed by atoms with E-state index >= 15 is 0 Å². The fourth-order valence-corrected chi connectivity index (χ4v) is 3.82. The number of hydrogen-bond donors (Lipinski definition) is 2. The van der Waals surface area contributed by atoms with Crippen molar-refractivity contribution in [3.8, 4) is 22.1 Å². The molecule has 8 nitrogen and oxygen atoms in total. The molecule has 3 aromatic heterocycles. The number of hydrogen-bond acceptors (Lipinski definition) is 9. The van der Waals surface area contributed by atoms with Gasteiger partial charge in [0.1, 0.15) is 11.5 Å². The molecule has 2 N–H and O–H groups in total. The van der Waals surface area contributed by atoms with Gasteiger partial charge in [0.05, 0.1) is 32.8 Å². The second-order valence-electron chi connectivity index (χ2n) is 6.61. The van der Waals surface area contributed by atoms with Crippen molar-refractivity contribution in [2.75, 3.05) is 6.61 Å². The van der Waals surface area contributed by atoms with Gasteiger partial charge in [-0.05, 0) is 44.2 Å². The molecule has 30 heavy (non-hydrogen) atoms. The standard InChI is InChI=1S/C21H16N2O6S/c1-10-3-6-18(30-10)15-8-14(19-11(2)23-29-20(19)22-15)21(27)28-9-17(26)13-5-4-12(24)7-16(13)25/h3-8,24-25H,9H2,1-2H3. The van der Waals surface area contributed by atoms with Gasteiger partial charge < -0.3 is 19.5 Å². The Bertz CT molecular complexity index is 1290. The van der Waals surface area contributed by atoms with E-state index in [2.05, 4.69) is 10.1 Å². The number of rotatable bonds is 5. The fraction of sp³-hybridized carbons (Fsp3) is 0.143. The highest BCUT2D eigenvalue weighted by atomic mass is 32.1. The summed E-state index contributed by atoms with van der Waals surface area (Å²) in [7, 11) is 0. The van der Waals surface area contributed by atoms with Gasteiger partial charge in [0, 0.05) is 10.9 Å². The summed E-state index contributed by atoms with van der Waals surface area (Å²) in [6.45, 7) is 3.06. The molecule has 0 atom stereocenters. The van der Waals surface area contributed by atoms with Crippen LogP contribution in [-0.4, -0.2) is 38.7 Å². The Morgan fingerprint density at radius 1 is 1.10 bits per heavy atom. The van der Waals surface area contributed by atoms with Gasteiger partial charge in [0.25, 0.3) is 5.71 Å². The molecule has 0 aliphatic rings. The summed E-state index contributed by atoms with van der Waals surface area (Å²) >= 11 is 1.52. The number of phenols is 2. The molecule has 1 aromatic carbocycles. The van der Waals surface area contributed by atoms with Crippen LogP contribution < -0.4 is 0 Å². The number of aromatic hydroxyl groups is 2. The fourth-order valence-electron chi connectivity index (χ4n) is 3.00. The van der Waals surface area contributed by atoms with E-state index in [4.69, 9.17) is 9.26 Å². The number of nitrogens with zero attached hydrogens (tertiary/aromatic N) is 2. The van der Waals surface area contributed by atoms with Crippen LogP contribution in [0.2, 0.25) is 0 Å². The SMILES string of the molecule is Cc1ccc(-c2cc(C(=O)OCC(=O)c3ccc(O)cc3O)c3c(C)noc3n2)s1. The predicted octanol–water partition coefficient (Wildman–Crippen LogP) is 4.02. The number of ether oxygens (including phenoxy) is 1. The van der Waals surface area contributed by atoms with Gasteiger partial charge in [-0.25, -0.2) is 9.78 Å². The number of aryl methyl sites for hydroxylation is 2. The molecule has 0 amide bonds. The van der Waals surface area contributed by atoms with Gasteiger partial charge in [-0.1, -0.05) is 5.16 Å². The molecule has 3 heterocycles. The number of ketones is 1. The van der Waals surface area contributed by atoms with E-state index in [1.807, 2.05) is 19.1 Å². The van der Waals surface area contributed by atoms with E-state index in [0.717, 1.165) is 15.8 Å². The topological polar surface area (TPSA) is 123 Å². The van der Waals surface area contributed by atoms with E-state index in [1.54, 1.807) is 13.0 Å². The third kappa shape index (κ3) is 3.62. The first-order valence-corrected chi connectivity index (χ1v) is 9.71. The van der Waals surface area contributed by atoms with Gasteiger partial charge in [0.15, 0.2) is 6.61 Å². The Hall–Kier alpha value is -3.72. The van der Waals surface area contributed by atoms with E-state index in [-0.39, 0.29) is 22.6 Å². The maximum absolute atomic E-state index is 12.8. The molecular weight excluding hydrogens is 408 g/mol. The largest absolute Gasteiger partial charge is 0.508 e. The van der Waals surface area contributed by atoms with Crippen LogP contribution in [0.25, 0.3) is 21.7 Å². The predicted molar refractivity (Wildman–Crippen MR) is 109 cm³/mol. The van der Waals surface area contributed by atoms with Gasteiger partial charge >= 0.3 is 5.97 Å². The number of fused-ring (bicyclic) bond motifs is 1. The summed E-state index contributed by atoms with van der Waals surface area (Å²) in [5.41, 5.74) is 1.33. The Labute approximate surface area is 174 Å². The second kappa shape index (κ2) is 7.60. The molecular formula is C21H16N2O6S. The Balaban J connectivity index is 1.63. The molecule has 9 heteroatoms. The van der Waals surface area contributed by atoms with Crippen LogP contribution in [0.4, 0.5) is 0 Å². The van der Waals surface area contributed by atoms with Gasteiger partial charge in [0.2, 0.25) is 5.78 Å². The van der Waals surface area contributed by atoms with E-state index in [0.29, 0.717) is 16.8 Å². The summed E-state index contributed by atoms with van der Waals surface area (Å²) in [5.74, 6) is -1.93. The molecule has 4 rings (SSSR count). The van der Waals surface area contributed by atoms with Crippen LogP contribution in [0.3, 0.4) is 0 Å². The van der Waals surface area contributed by atoms with Gasteiger partial charge in [-0.15, -0.1) is 11.3 Å². The summed E-state index contributed by atoms with van der Waals surface area (Å²) in [4.78, 5) is 31.5. The summed E-state index contributed by atoms with van der Waals surface area (Å²) in [6, 6.07) is 8.98. The molecule has 0 saturated carbocycles. The minimum atomic E-state index is -0.741. The van der Waals surface area contributed by atoms with Crippen LogP contribution in [-0.2, 0) is 4.74 Å². The van der Waals surface area contributed by atoms with Crippen molar-refractivity contribution in [2.45, 2.75) is 13.8 Å². The molecule has 0 radical (unpaired) electrons. The Morgan fingerprint density at radius 2 is 1.90 bits per heavy atom. The Kier molecular flexibility index (Phi) is 4.96. The van der Waals surface area contributed by atoms with Crippen LogP contribution in [0.1, 0.15) is 31.3 Å². The maximum atomic E-state index is 12.8. The first-order chi connectivity index (χ1) is 14.3. The van der Waals surface area contributed by atoms with Crippen LogP contribution in [0.5, 0.6) is 11.5 Å². The van der Waals surface area contributed by atoms with Gasteiger partial charge in [-0.3, -0.25) is 4.79 Å². The monoisotopic (exact) mass is 424 g/mol. The van der Waals surface area contributed by atoms with E-state index in [9.17, 15) is 19.8 Å². The van der Waals surface area contributed by atoms with E-state index in [1.165, 1.54) is 23.5 Å². The highest BCUT2D eigenvalue weighted by Gasteiger charge is 2.22. The first kappa shape index (κ1) is 19.6.